The van der Waals surface area contributed by atoms with Crippen LogP contribution in [0, 0.1) is 7.14 Å². The zero-order valence-corrected chi connectivity index (χ0v) is 17.0. The van der Waals surface area contributed by atoms with Gasteiger partial charge in [0.1, 0.15) is 5.75 Å². The molecule has 0 atom stereocenters. The molecule has 0 spiro atoms. The van der Waals surface area contributed by atoms with E-state index in [0.29, 0.717) is 0 Å². The molecule has 3 rings (SSSR count). The van der Waals surface area contributed by atoms with E-state index in [9.17, 15) is 5.11 Å². The molecule has 1 aromatic heterocycles. The second-order valence-corrected chi connectivity index (χ2v) is 7.69. The lowest BCUT2D eigenvalue weighted by Gasteiger charge is -2.04. The third kappa shape index (κ3) is 4.54. The lowest BCUT2D eigenvalue weighted by Crippen LogP contribution is -1.88. The van der Waals surface area contributed by atoms with Gasteiger partial charge in [-0.25, -0.2) is 0 Å². The van der Waals surface area contributed by atoms with Crippen molar-refractivity contribution in [2.45, 2.75) is 6.42 Å². The molecule has 0 saturated heterocycles. The predicted molar refractivity (Wildman–Crippen MR) is 114 cm³/mol. The van der Waals surface area contributed by atoms with Crippen LogP contribution >= 0.6 is 45.2 Å². The third-order valence-electron chi connectivity index (χ3n) is 3.50. The summed E-state index contributed by atoms with van der Waals surface area (Å²) in [6.07, 6.45) is 6.20. The van der Waals surface area contributed by atoms with Crippen molar-refractivity contribution in [1.82, 2.24) is 4.98 Å². The normalized spacial score (nSPS) is 11.1. The monoisotopic (exact) mass is 540 g/mol. The molecule has 0 saturated carbocycles. The van der Waals surface area contributed by atoms with Gasteiger partial charge >= 0.3 is 0 Å². The Labute approximate surface area is 168 Å². The van der Waals surface area contributed by atoms with Crippen LogP contribution in [0.3, 0.4) is 0 Å². The lowest BCUT2D eigenvalue weighted by atomic mass is 10.1. The Bertz CT molecular complexity index is 863. The molecule has 0 aliphatic rings. The van der Waals surface area contributed by atoms with Gasteiger partial charge in [-0.1, -0.05) is 12.1 Å². The Morgan fingerprint density at radius 2 is 1.62 bits per heavy atom. The zero-order valence-electron chi connectivity index (χ0n) is 12.7. The van der Waals surface area contributed by atoms with E-state index in [4.69, 9.17) is 0 Å². The molecule has 0 aliphatic carbocycles. The first kappa shape index (κ1) is 17.3. The quantitative estimate of drug-likeness (QED) is 0.359. The van der Waals surface area contributed by atoms with Crippen molar-refractivity contribution in [3.05, 3.63) is 84.8 Å². The summed E-state index contributed by atoms with van der Waals surface area (Å²) in [4.78, 5) is 8.50. The van der Waals surface area contributed by atoms with Crippen LogP contribution in [0.4, 0.5) is 5.69 Å². The first-order valence-corrected chi connectivity index (χ1v) is 9.47. The SMILES string of the molecule is Oc1c(I)cc(I)cc1C=Nc1ccc(Cc2ccncc2)cc1. The summed E-state index contributed by atoms with van der Waals surface area (Å²) in [5.74, 6) is 0.272. The largest absolute Gasteiger partial charge is 0.506 e. The van der Waals surface area contributed by atoms with E-state index in [0.717, 1.165) is 24.8 Å². The third-order valence-corrected chi connectivity index (χ3v) is 4.95. The Morgan fingerprint density at radius 3 is 2.33 bits per heavy atom. The molecule has 3 aromatic rings. The highest BCUT2D eigenvalue weighted by Gasteiger charge is 2.05. The summed E-state index contributed by atoms with van der Waals surface area (Å²) in [7, 11) is 0. The molecule has 0 radical (unpaired) electrons. The van der Waals surface area contributed by atoms with Gasteiger partial charge in [0.25, 0.3) is 0 Å². The summed E-state index contributed by atoms with van der Waals surface area (Å²) >= 11 is 4.36. The van der Waals surface area contributed by atoms with Gasteiger partial charge in [0.15, 0.2) is 0 Å². The van der Waals surface area contributed by atoms with E-state index < -0.39 is 0 Å². The molecule has 0 aliphatic heterocycles. The first-order chi connectivity index (χ1) is 11.6. The summed E-state index contributed by atoms with van der Waals surface area (Å²) in [6, 6.07) is 16.0. The van der Waals surface area contributed by atoms with Crippen molar-refractivity contribution in [2.75, 3.05) is 0 Å². The average molecular weight is 540 g/mol. The molecule has 5 heteroatoms. The van der Waals surface area contributed by atoms with Gasteiger partial charge in [-0.05, 0) is 99.1 Å². The Hall–Kier alpha value is -1.48. The number of phenolic OH excluding ortho intramolecular Hbond substituents is 1. The van der Waals surface area contributed by atoms with Crippen LogP contribution in [0.5, 0.6) is 5.75 Å². The maximum absolute atomic E-state index is 10.1. The number of hydrogen-bond donors (Lipinski definition) is 1. The number of phenols is 1. The van der Waals surface area contributed by atoms with Crippen LogP contribution in [-0.4, -0.2) is 16.3 Å². The summed E-state index contributed by atoms with van der Waals surface area (Å²) in [6.45, 7) is 0. The highest BCUT2D eigenvalue weighted by molar-refractivity contribution is 14.1. The second kappa shape index (κ2) is 8.06. The molecule has 0 bridgehead atoms. The van der Waals surface area contributed by atoms with Crippen LogP contribution in [0.2, 0.25) is 0 Å². The molecule has 0 amide bonds. The fraction of sp³-hybridized carbons (Fsp3) is 0.0526. The van der Waals surface area contributed by atoms with Gasteiger partial charge in [-0.3, -0.25) is 9.98 Å². The number of aromatic nitrogens is 1. The van der Waals surface area contributed by atoms with Crippen LogP contribution in [0.25, 0.3) is 0 Å². The Balaban J connectivity index is 1.75. The van der Waals surface area contributed by atoms with Crippen molar-refractivity contribution in [2.24, 2.45) is 4.99 Å². The number of halogens is 2. The van der Waals surface area contributed by atoms with Crippen molar-refractivity contribution in [3.8, 4) is 5.75 Å². The van der Waals surface area contributed by atoms with E-state index in [1.54, 1.807) is 6.21 Å². The van der Waals surface area contributed by atoms with Crippen molar-refractivity contribution in [1.29, 1.82) is 0 Å². The van der Waals surface area contributed by atoms with E-state index in [1.807, 2.05) is 48.8 Å². The van der Waals surface area contributed by atoms with Gasteiger partial charge in [-0.15, -0.1) is 0 Å². The maximum Gasteiger partial charge on any atom is 0.137 e. The lowest BCUT2D eigenvalue weighted by molar-refractivity contribution is 0.470. The number of aliphatic imine (C=N–C) groups is 1. The van der Waals surface area contributed by atoms with Gasteiger partial charge in [0.05, 0.1) is 9.26 Å². The molecule has 1 N–H and O–H groups in total. The highest BCUT2D eigenvalue weighted by Crippen LogP contribution is 2.26. The van der Waals surface area contributed by atoms with Crippen molar-refractivity contribution in [3.63, 3.8) is 0 Å². The molecule has 0 unspecified atom stereocenters. The molecule has 120 valence electrons. The van der Waals surface area contributed by atoms with Gasteiger partial charge in [0.2, 0.25) is 0 Å². The van der Waals surface area contributed by atoms with Crippen LogP contribution in [0.1, 0.15) is 16.7 Å². The first-order valence-electron chi connectivity index (χ1n) is 7.32. The minimum atomic E-state index is 0.272. The highest BCUT2D eigenvalue weighted by atomic mass is 127. The molecule has 2 aromatic carbocycles. The van der Waals surface area contributed by atoms with Gasteiger partial charge in [-0.2, -0.15) is 0 Å². The standard InChI is InChI=1S/C19H14I2N2O/c20-16-10-15(19(24)18(21)11-16)12-23-17-3-1-13(2-4-17)9-14-5-7-22-8-6-14/h1-8,10-12,24H,9H2. The smallest absolute Gasteiger partial charge is 0.137 e. The number of rotatable bonds is 4. The second-order valence-electron chi connectivity index (χ2n) is 5.28. The minimum absolute atomic E-state index is 0.272. The molecular weight excluding hydrogens is 526 g/mol. The van der Waals surface area contributed by atoms with E-state index in [2.05, 4.69) is 67.3 Å². The van der Waals surface area contributed by atoms with Crippen LogP contribution in [0.15, 0.2) is 65.9 Å². The molecule has 0 fully saturated rings. The van der Waals surface area contributed by atoms with Crippen LogP contribution in [-0.2, 0) is 6.42 Å². The number of hydrogen-bond acceptors (Lipinski definition) is 3. The number of benzene rings is 2. The van der Waals surface area contributed by atoms with E-state index >= 15 is 0 Å². The van der Waals surface area contributed by atoms with E-state index in [1.165, 1.54) is 11.1 Å². The van der Waals surface area contributed by atoms with E-state index in [-0.39, 0.29) is 5.75 Å². The molecule has 1 heterocycles. The predicted octanol–water partition coefficient (Wildman–Crippen LogP) is 5.34. The van der Waals surface area contributed by atoms with Crippen molar-refractivity contribution < 1.29 is 5.11 Å². The number of pyridine rings is 1. The maximum atomic E-state index is 10.1. The fourth-order valence-electron chi connectivity index (χ4n) is 2.26. The zero-order chi connectivity index (χ0) is 16.9. The average Bonchev–Trinajstić information content (AvgIpc) is 2.59. The number of nitrogens with zero attached hydrogens (tertiary/aromatic N) is 2. The minimum Gasteiger partial charge on any atom is -0.506 e. The molecule has 24 heavy (non-hydrogen) atoms. The summed E-state index contributed by atoms with van der Waals surface area (Å²) < 4.78 is 1.90. The fourth-order valence-corrected chi connectivity index (χ4v) is 4.15. The Kier molecular flexibility index (Phi) is 5.83. The summed E-state index contributed by atoms with van der Waals surface area (Å²) in [5, 5.41) is 10.1. The number of aromatic hydroxyl groups is 1. The summed E-state index contributed by atoms with van der Waals surface area (Å²) in [5.41, 5.74) is 4.06. The van der Waals surface area contributed by atoms with Crippen molar-refractivity contribution >= 4 is 57.1 Å². The van der Waals surface area contributed by atoms with Gasteiger partial charge < -0.3 is 5.11 Å². The Morgan fingerprint density at radius 1 is 0.958 bits per heavy atom. The molecular formula is C19H14I2N2O. The molecule has 3 nitrogen and oxygen atoms in total. The van der Waals surface area contributed by atoms with Crippen LogP contribution < -0.4 is 0 Å². The van der Waals surface area contributed by atoms with Gasteiger partial charge in [0, 0.05) is 27.7 Å². The topological polar surface area (TPSA) is 45.5 Å².